The first-order valence-corrected chi connectivity index (χ1v) is 9.87. The first kappa shape index (κ1) is 18.1. The van der Waals surface area contributed by atoms with Gasteiger partial charge in [-0.3, -0.25) is 19.9 Å². The number of amides is 1. The Balaban J connectivity index is 1.39. The van der Waals surface area contributed by atoms with E-state index in [1.807, 2.05) is 24.2 Å². The van der Waals surface area contributed by atoms with Crippen molar-refractivity contribution in [1.82, 2.24) is 30.0 Å². The maximum absolute atomic E-state index is 12.5. The van der Waals surface area contributed by atoms with E-state index < -0.39 is 0 Å². The lowest BCUT2D eigenvalue weighted by Crippen LogP contribution is -2.54. The molecule has 2 aromatic heterocycles. The molecule has 0 saturated carbocycles. The molecule has 4 rings (SSSR count). The predicted octanol–water partition coefficient (Wildman–Crippen LogP) is 1.96. The standard InChI is InChI=1S/C20H28N6O/c1-16-9-22-18(12-21-16)13-26-15-20(6-3-19(26)27)5-2-7-25(14-20)8-4-17-10-23-24-11-17/h9-12H,2-8,13-15H2,1H3,(H,23,24). The number of rotatable bonds is 5. The third kappa shape index (κ3) is 4.35. The second-order valence-electron chi connectivity index (χ2n) is 8.14. The van der Waals surface area contributed by atoms with Crippen LogP contribution < -0.4 is 0 Å². The van der Waals surface area contributed by atoms with Crippen molar-refractivity contribution in [3.8, 4) is 0 Å². The number of hydrogen-bond donors (Lipinski definition) is 1. The topological polar surface area (TPSA) is 78.0 Å². The van der Waals surface area contributed by atoms with Crippen molar-refractivity contribution < 1.29 is 4.79 Å². The van der Waals surface area contributed by atoms with Crippen LogP contribution in [0.4, 0.5) is 0 Å². The average Bonchev–Trinajstić information content (AvgIpc) is 3.19. The van der Waals surface area contributed by atoms with E-state index in [0.717, 1.165) is 50.4 Å². The molecule has 1 amide bonds. The first-order chi connectivity index (χ1) is 13.1. The lowest BCUT2D eigenvalue weighted by atomic mass is 9.73. The molecule has 0 aliphatic carbocycles. The van der Waals surface area contributed by atoms with Gasteiger partial charge in [-0.15, -0.1) is 0 Å². The highest BCUT2D eigenvalue weighted by Crippen LogP contribution is 2.39. The molecular weight excluding hydrogens is 340 g/mol. The molecule has 1 atom stereocenters. The summed E-state index contributed by atoms with van der Waals surface area (Å²) in [5.41, 5.74) is 3.26. The Morgan fingerprint density at radius 3 is 2.89 bits per heavy atom. The Kier molecular flexibility index (Phi) is 5.20. The van der Waals surface area contributed by atoms with Crippen molar-refractivity contribution in [2.24, 2.45) is 5.41 Å². The molecule has 1 unspecified atom stereocenters. The molecule has 7 heteroatoms. The largest absolute Gasteiger partial charge is 0.336 e. The summed E-state index contributed by atoms with van der Waals surface area (Å²) in [6.07, 6.45) is 12.5. The molecular formula is C20H28N6O. The number of nitrogens with zero attached hydrogens (tertiary/aromatic N) is 5. The summed E-state index contributed by atoms with van der Waals surface area (Å²) in [7, 11) is 0. The fourth-order valence-electron chi connectivity index (χ4n) is 4.48. The van der Waals surface area contributed by atoms with Crippen molar-refractivity contribution in [3.05, 3.63) is 41.7 Å². The van der Waals surface area contributed by atoms with Crippen molar-refractivity contribution in [1.29, 1.82) is 0 Å². The third-order valence-electron chi connectivity index (χ3n) is 5.95. The van der Waals surface area contributed by atoms with Crippen molar-refractivity contribution in [2.45, 2.75) is 45.6 Å². The number of nitrogens with one attached hydrogen (secondary N) is 1. The normalized spacial score (nSPS) is 23.9. The number of carbonyl (C=O) groups is 1. The van der Waals surface area contributed by atoms with Crippen LogP contribution in [0.2, 0.25) is 0 Å². The minimum atomic E-state index is 0.223. The van der Waals surface area contributed by atoms with Gasteiger partial charge in [0.2, 0.25) is 5.91 Å². The number of aromatic nitrogens is 4. The number of carbonyl (C=O) groups excluding carboxylic acids is 1. The summed E-state index contributed by atoms with van der Waals surface area (Å²) < 4.78 is 0. The van der Waals surface area contributed by atoms with Crippen LogP contribution in [-0.2, 0) is 17.8 Å². The fraction of sp³-hybridized carbons (Fsp3) is 0.600. The number of H-pyrrole nitrogens is 1. The summed E-state index contributed by atoms with van der Waals surface area (Å²) in [5, 5.41) is 6.92. The minimum absolute atomic E-state index is 0.223. The van der Waals surface area contributed by atoms with Crippen LogP contribution in [0.3, 0.4) is 0 Å². The lowest BCUT2D eigenvalue weighted by molar-refractivity contribution is -0.140. The fourth-order valence-corrected chi connectivity index (χ4v) is 4.48. The van der Waals surface area contributed by atoms with E-state index in [4.69, 9.17) is 0 Å². The zero-order valence-electron chi connectivity index (χ0n) is 16.0. The molecule has 2 fully saturated rings. The zero-order valence-corrected chi connectivity index (χ0v) is 16.0. The molecule has 2 aromatic rings. The van der Waals surface area contributed by atoms with E-state index in [0.29, 0.717) is 13.0 Å². The molecule has 27 heavy (non-hydrogen) atoms. The van der Waals surface area contributed by atoms with E-state index >= 15 is 0 Å². The van der Waals surface area contributed by atoms with Crippen molar-refractivity contribution in [2.75, 3.05) is 26.2 Å². The number of aryl methyl sites for hydroxylation is 1. The Morgan fingerprint density at radius 1 is 1.19 bits per heavy atom. The van der Waals surface area contributed by atoms with Gasteiger partial charge in [0.25, 0.3) is 0 Å². The van der Waals surface area contributed by atoms with E-state index in [9.17, 15) is 4.79 Å². The summed E-state index contributed by atoms with van der Waals surface area (Å²) in [5.74, 6) is 0.249. The summed E-state index contributed by atoms with van der Waals surface area (Å²) in [6.45, 7) is 6.62. The Labute approximate surface area is 160 Å². The maximum atomic E-state index is 12.5. The first-order valence-electron chi connectivity index (χ1n) is 9.87. The molecule has 0 bridgehead atoms. The molecule has 2 aliphatic rings. The minimum Gasteiger partial charge on any atom is -0.336 e. The summed E-state index contributed by atoms with van der Waals surface area (Å²) >= 11 is 0. The van der Waals surface area contributed by atoms with Gasteiger partial charge in [-0.05, 0) is 44.7 Å². The molecule has 1 spiro atoms. The van der Waals surface area contributed by atoms with Crippen LogP contribution in [0.5, 0.6) is 0 Å². The summed E-state index contributed by atoms with van der Waals surface area (Å²) in [6, 6.07) is 0. The van der Waals surface area contributed by atoms with Crippen LogP contribution >= 0.6 is 0 Å². The lowest BCUT2D eigenvalue weighted by Gasteiger charge is -2.48. The van der Waals surface area contributed by atoms with Crippen LogP contribution in [0.15, 0.2) is 24.8 Å². The van der Waals surface area contributed by atoms with Crippen molar-refractivity contribution in [3.63, 3.8) is 0 Å². The van der Waals surface area contributed by atoms with Crippen LogP contribution in [-0.4, -0.2) is 62.1 Å². The second-order valence-corrected chi connectivity index (χ2v) is 8.14. The van der Waals surface area contributed by atoms with Crippen LogP contribution in [0.25, 0.3) is 0 Å². The number of hydrogen-bond acceptors (Lipinski definition) is 5. The molecule has 2 saturated heterocycles. The quantitative estimate of drug-likeness (QED) is 0.873. The van der Waals surface area contributed by atoms with Crippen LogP contribution in [0.1, 0.15) is 42.6 Å². The van der Waals surface area contributed by atoms with Gasteiger partial charge in [-0.25, -0.2) is 0 Å². The monoisotopic (exact) mass is 368 g/mol. The van der Waals surface area contributed by atoms with Gasteiger partial charge in [-0.1, -0.05) is 0 Å². The van der Waals surface area contributed by atoms with Gasteiger partial charge in [-0.2, -0.15) is 5.10 Å². The van der Waals surface area contributed by atoms with E-state index in [-0.39, 0.29) is 11.3 Å². The van der Waals surface area contributed by atoms with Gasteiger partial charge >= 0.3 is 0 Å². The molecule has 7 nitrogen and oxygen atoms in total. The highest BCUT2D eigenvalue weighted by molar-refractivity contribution is 5.77. The SMILES string of the molecule is Cc1cnc(CN2CC3(CCCN(CCc4cn[nH]c4)C3)CCC2=O)cn1. The molecule has 144 valence electrons. The highest BCUT2D eigenvalue weighted by atomic mass is 16.2. The van der Waals surface area contributed by atoms with Gasteiger partial charge in [0, 0.05) is 43.9 Å². The summed E-state index contributed by atoms with van der Waals surface area (Å²) in [4.78, 5) is 25.8. The number of aromatic amines is 1. The van der Waals surface area contributed by atoms with Gasteiger partial charge in [0.05, 0.1) is 30.3 Å². The molecule has 2 aliphatic heterocycles. The Bertz CT molecular complexity index is 759. The van der Waals surface area contributed by atoms with E-state index in [2.05, 4.69) is 25.1 Å². The smallest absolute Gasteiger partial charge is 0.222 e. The Hall–Kier alpha value is -2.28. The predicted molar refractivity (Wildman–Crippen MR) is 102 cm³/mol. The van der Waals surface area contributed by atoms with Crippen molar-refractivity contribution >= 4 is 5.91 Å². The van der Waals surface area contributed by atoms with E-state index in [1.165, 1.54) is 18.4 Å². The average molecular weight is 368 g/mol. The maximum Gasteiger partial charge on any atom is 0.222 e. The molecule has 4 heterocycles. The third-order valence-corrected chi connectivity index (χ3v) is 5.95. The molecule has 0 aromatic carbocycles. The van der Waals surface area contributed by atoms with Gasteiger partial charge < -0.3 is 9.80 Å². The van der Waals surface area contributed by atoms with Gasteiger partial charge in [0.1, 0.15) is 0 Å². The second kappa shape index (κ2) is 7.76. The van der Waals surface area contributed by atoms with Crippen LogP contribution in [0, 0.1) is 12.3 Å². The highest BCUT2D eigenvalue weighted by Gasteiger charge is 2.41. The molecule has 0 radical (unpaired) electrons. The zero-order chi connectivity index (χ0) is 18.7. The Morgan fingerprint density at radius 2 is 2.11 bits per heavy atom. The number of piperidine rings is 2. The number of likely N-dealkylation sites (tertiary alicyclic amines) is 2. The van der Waals surface area contributed by atoms with Gasteiger partial charge in [0.15, 0.2) is 0 Å². The van der Waals surface area contributed by atoms with E-state index in [1.54, 1.807) is 12.4 Å². The molecule has 1 N–H and O–H groups in total.